The summed E-state index contributed by atoms with van der Waals surface area (Å²) in [5.74, 6) is 0.992. The fourth-order valence-corrected chi connectivity index (χ4v) is 2.92. The highest BCUT2D eigenvalue weighted by molar-refractivity contribution is 4.80. The maximum Gasteiger partial charge on any atom is 0.00952 e. The number of unbranched alkanes of at least 4 members (excludes halogenated alkanes) is 3. The molecule has 90 valence electrons. The molecule has 1 heteroatoms. The van der Waals surface area contributed by atoms with Crippen LogP contribution in [0.2, 0.25) is 0 Å². The van der Waals surface area contributed by atoms with Gasteiger partial charge in [-0.05, 0) is 31.7 Å². The number of hydrogen-bond acceptors (Lipinski definition) is 1. The molecule has 1 aliphatic carbocycles. The maximum atomic E-state index is 3.70. The van der Waals surface area contributed by atoms with E-state index in [-0.39, 0.29) is 0 Å². The van der Waals surface area contributed by atoms with Crippen molar-refractivity contribution < 1.29 is 0 Å². The van der Waals surface area contributed by atoms with Crippen molar-refractivity contribution in [2.45, 2.75) is 77.7 Å². The highest BCUT2D eigenvalue weighted by atomic mass is 14.9. The molecule has 0 radical (unpaired) electrons. The van der Waals surface area contributed by atoms with Gasteiger partial charge in [0.05, 0.1) is 0 Å². The van der Waals surface area contributed by atoms with Crippen molar-refractivity contribution in [1.29, 1.82) is 0 Å². The molecule has 0 bridgehead atoms. The Bertz CT molecular complexity index is 138. The highest BCUT2D eigenvalue weighted by Gasteiger charge is 2.23. The fraction of sp³-hybridized carbons (Fsp3) is 1.00. The molecule has 0 heterocycles. The Hall–Kier alpha value is -0.0400. The van der Waals surface area contributed by atoms with Crippen LogP contribution in [0.15, 0.2) is 0 Å². The minimum atomic E-state index is 0.828. The van der Waals surface area contributed by atoms with Crippen LogP contribution in [0.3, 0.4) is 0 Å². The average Bonchev–Trinajstić information content (AvgIpc) is 2.76. The van der Waals surface area contributed by atoms with Gasteiger partial charge < -0.3 is 5.32 Å². The third kappa shape index (κ3) is 5.01. The van der Waals surface area contributed by atoms with E-state index in [1.807, 2.05) is 0 Å². The van der Waals surface area contributed by atoms with Crippen molar-refractivity contribution in [3.63, 3.8) is 0 Å². The second-order valence-corrected chi connectivity index (χ2v) is 5.06. The van der Waals surface area contributed by atoms with Gasteiger partial charge in [-0.2, -0.15) is 0 Å². The predicted octanol–water partition coefficient (Wildman–Crippen LogP) is 4.13. The normalized spacial score (nSPS) is 19.6. The molecular formula is C14H29N. The van der Waals surface area contributed by atoms with E-state index in [0.29, 0.717) is 0 Å². The Morgan fingerprint density at radius 2 is 1.80 bits per heavy atom. The topological polar surface area (TPSA) is 12.0 Å². The van der Waals surface area contributed by atoms with Gasteiger partial charge in [0, 0.05) is 6.04 Å². The molecule has 0 saturated heterocycles. The lowest BCUT2D eigenvalue weighted by Crippen LogP contribution is -2.34. The third-order valence-electron chi connectivity index (χ3n) is 3.80. The van der Waals surface area contributed by atoms with Crippen molar-refractivity contribution in [1.82, 2.24) is 5.32 Å². The lowest BCUT2D eigenvalue weighted by molar-refractivity contribution is 0.336. The van der Waals surface area contributed by atoms with Gasteiger partial charge in [-0.25, -0.2) is 0 Å². The van der Waals surface area contributed by atoms with Gasteiger partial charge in [0.15, 0.2) is 0 Å². The molecule has 1 nitrogen and oxygen atoms in total. The van der Waals surface area contributed by atoms with Gasteiger partial charge in [-0.3, -0.25) is 0 Å². The summed E-state index contributed by atoms with van der Waals surface area (Å²) in [5, 5.41) is 3.70. The van der Waals surface area contributed by atoms with Crippen LogP contribution >= 0.6 is 0 Å². The molecule has 0 amide bonds. The van der Waals surface area contributed by atoms with Gasteiger partial charge in [0.2, 0.25) is 0 Å². The summed E-state index contributed by atoms with van der Waals surface area (Å²) in [4.78, 5) is 0. The zero-order valence-corrected chi connectivity index (χ0v) is 10.7. The Morgan fingerprint density at radius 1 is 1.07 bits per heavy atom. The van der Waals surface area contributed by atoms with Crippen LogP contribution in [0.25, 0.3) is 0 Å². The first kappa shape index (κ1) is 13.0. The quantitative estimate of drug-likeness (QED) is 0.595. The summed E-state index contributed by atoms with van der Waals surface area (Å²) in [7, 11) is 0. The van der Waals surface area contributed by atoms with Gasteiger partial charge in [-0.1, -0.05) is 52.4 Å². The Labute approximate surface area is 96.0 Å². The maximum absolute atomic E-state index is 3.70. The van der Waals surface area contributed by atoms with Crippen LogP contribution in [0.4, 0.5) is 0 Å². The highest BCUT2D eigenvalue weighted by Crippen LogP contribution is 2.29. The van der Waals surface area contributed by atoms with E-state index in [1.54, 1.807) is 0 Å². The first-order valence-corrected chi connectivity index (χ1v) is 7.11. The van der Waals surface area contributed by atoms with Crippen molar-refractivity contribution in [3.05, 3.63) is 0 Å². The second kappa shape index (κ2) is 8.15. The summed E-state index contributed by atoms with van der Waals surface area (Å²) in [6.45, 7) is 5.68. The van der Waals surface area contributed by atoms with Crippen LogP contribution < -0.4 is 5.32 Å². The van der Waals surface area contributed by atoms with Crippen LogP contribution in [0, 0.1) is 5.92 Å². The van der Waals surface area contributed by atoms with Gasteiger partial charge in [-0.15, -0.1) is 0 Å². The van der Waals surface area contributed by atoms with Gasteiger partial charge in [0.1, 0.15) is 0 Å². The first-order chi connectivity index (χ1) is 7.38. The average molecular weight is 211 g/mol. The lowest BCUT2D eigenvalue weighted by Gasteiger charge is -2.24. The Morgan fingerprint density at radius 3 is 2.40 bits per heavy atom. The van der Waals surface area contributed by atoms with Crippen LogP contribution in [0.1, 0.15) is 71.6 Å². The zero-order chi connectivity index (χ0) is 10.9. The number of hydrogen-bond donors (Lipinski definition) is 1. The third-order valence-corrected chi connectivity index (χ3v) is 3.80. The molecule has 0 aliphatic heterocycles. The Balaban J connectivity index is 2.17. The molecule has 1 unspecified atom stereocenters. The molecule has 1 atom stereocenters. The van der Waals surface area contributed by atoms with E-state index in [0.717, 1.165) is 18.5 Å². The molecule has 1 aliphatic rings. The lowest BCUT2D eigenvalue weighted by atomic mass is 9.93. The number of rotatable bonds is 8. The molecule has 0 aromatic carbocycles. The minimum Gasteiger partial charge on any atom is -0.314 e. The van der Waals surface area contributed by atoms with E-state index in [1.165, 1.54) is 57.8 Å². The summed E-state index contributed by atoms with van der Waals surface area (Å²) in [6.07, 6.45) is 13.0. The summed E-state index contributed by atoms with van der Waals surface area (Å²) < 4.78 is 0. The predicted molar refractivity (Wildman–Crippen MR) is 68.2 cm³/mol. The van der Waals surface area contributed by atoms with E-state index in [2.05, 4.69) is 19.2 Å². The smallest absolute Gasteiger partial charge is 0.00952 e. The summed E-state index contributed by atoms with van der Waals surface area (Å²) in [6, 6.07) is 0.828. The van der Waals surface area contributed by atoms with Crippen molar-refractivity contribution >= 4 is 0 Å². The van der Waals surface area contributed by atoms with E-state index in [9.17, 15) is 0 Å². The van der Waals surface area contributed by atoms with Gasteiger partial charge in [0.25, 0.3) is 0 Å². The molecule has 15 heavy (non-hydrogen) atoms. The number of nitrogens with one attached hydrogen (secondary N) is 1. The fourth-order valence-electron chi connectivity index (χ4n) is 2.92. The molecule has 1 fully saturated rings. The van der Waals surface area contributed by atoms with E-state index in [4.69, 9.17) is 0 Å². The molecular weight excluding hydrogens is 182 g/mol. The monoisotopic (exact) mass is 211 g/mol. The van der Waals surface area contributed by atoms with Crippen LogP contribution in [-0.2, 0) is 0 Å². The molecule has 1 N–H and O–H groups in total. The van der Waals surface area contributed by atoms with E-state index < -0.39 is 0 Å². The van der Waals surface area contributed by atoms with Crippen molar-refractivity contribution in [2.24, 2.45) is 5.92 Å². The SMILES string of the molecule is CCCCCCC(NCC)C1CCCC1. The van der Waals surface area contributed by atoms with Crippen molar-refractivity contribution in [2.75, 3.05) is 6.54 Å². The summed E-state index contributed by atoms with van der Waals surface area (Å²) in [5.41, 5.74) is 0. The van der Waals surface area contributed by atoms with Gasteiger partial charge >= 0.3 is 0 Å². The minimum absolute atomic E-state index is 0.828. The molecule has 0 aromatic rings. The molecule has 0 spiro atoms. The van der Waals surface area contributed by atoms with Crippen LogP contribution in [0.5, 0.6) is 0 Å². The molecule has 0 aromatic heterocycles. The standard InChI is InChI=1S/C14H29N/c1-3-5-6-7-12-14(15-4-2)13-10-8-9-11-13/h13-15H,3-12H2,1-2H3. The largest absolute Gasteiger partial charge is 0.314 e. The molecule has 1 rings (SSSR count). The van der Waals surface area contributed by atoms with Crippen molar-refractivity contribution in [3.8, 4) is 0 Å². The summed E-state index contributed by atoms with van der Waals surface area (Å²) >= 11 is 0. The zero-order valence-electron chi connectivity index (χ0n) is 10.7. The first-order valence-electron chi connectivity index (χ1n) is 7.11. The molecule has 1 saturated carbocycles. The van der Waals surface area contributed by atoms with Crippen LogP contribution in [-0.4, -0.2) is 12.6 Å². The van der Waals surface area contributed by atoms with E-state index >= 15 is 0 Å². The Kier molecular flexibility index (Phi) is 7.08. The second-order valence-electron chi connectivity index (χ2n) is 5.06.